The summed E-state index contributed by atoms with van der Waals surface area (Å²) in [6.45, 7) is 8.05. The number of hydrogen-bond donors (Lipinski definition) is 3. The summed E-state index contributed by atoms with van der Waals surface area (Å²) in [4.78, 5) is 4.62. The quantitative estimate of drug-likeness (QED) is 0.505. The van der Waals surface area contributed by atoms with Crippen LogP contribution in [0.1, 0.15) is 35.4 Å². The molecule has 1 aromatic carbocycles. The van der Waals surface area contributed by atoms with Crippen molar-refractivity contribution in [1.29, 1.82) is 0 Å². The fraction of sp³-hybridized carbons (Fsp3) is 0.474. The minimum atomic E-state index is -0.000723. The average molecular weight is 344 g/mol. The van der Waals surface area contributed by atoms with E-state index in [0.29, 0.717) is 6.54 Å². The van der Waals surface area contributed by atoms with E-state index in [9.17, 15) is 5.11 Å². The van der Waals surface area contributed by atoms with Crippen molar-refractivity contribution in [1.82, 2.24) is 15.8 Å². The Morgan fingerprint density at radius 2 is 2.00 bits per heavy atom. The number of rotatable bonds is 8. The van der Waals surface area contributed by atoms with Gasteiger partial charge < -0.3 is 20.3 Å². The summed E-state index contributed by atoms with van der Waals surface area (Å²) in [5.41, 5.74) is 3.17. The van der Waals surface area contributed by atoms with Crippen LogP contribution >= 0.6 is 0 Å². The number of aliphatic hydroxyl groups excluding tert-OH is 1. The van der Waals surface area contributed by atoms with Gasteiger partial charge in [0.05, 0.1) is 18.8 Å². The van der Waals surface area contributed by atoms with Gasteiger partial charge in [0.25, 0.3) is 0 Å². The smallest absolute Gasteiger partial charge is 0.191 e. The van der Waals surface area contributed by atoms with Crippen LogP contribution in [0.2, 0.25) is 0 Å². The molecule has 1 heterocycles. The molecule has 0 bridgehead atoms. The van der Waals surface area contributed by atoms with Gasteiger partial charge in [-0.1, -0.05) is 35.5 Å². The van der Waals surface area contributed by atoms with Gasteiger partial charge in [-0.25, -0.2) is 0 Å². The highest BCUT2D eigenvalue weighted by Gasteiger charge is 2.11. The van der Waals surface area contributed by atoms with E-state index in [1.165, 1.54) is 0 Å². The molecule has 25 heavy (non-hydrogen) atoms. The third-order valence-corrected chi connectivity index (χ3v) is 4.15. The lowest BCUT2D eigenvalue weighted by Crippen LogP contribution is -2.38. The number of aryl methyl sites for hydroxylation is 2. The van der Waals surface area contributed by atoms with Crippen molar-refractivity contribution in [3.8, 4) is 0 Å². The molecule has 136 valence electrons. The Morgan fingerprint density at radius 3 is 2.60 bits per heavy atom. The van der Waals surface area contributed by atoms with Gasteiger partial charge in [0.1, 0.15) is 5.76 Å². The third-order valence-electron chi connectivity index (χ3n) is 4.15. The van der Waals surface area contributed by atoms with Gasteiger partial charge in [0.2, 0.25) is 0 Å². The van der Waals surface area contributed by atoms with Crippen molar-refractivity contribution < 1.29 is 9.63 Å². The molecule has 2 aromatic rings. The van der Waals surface area contributed by atoms with Gasteiger partial charge in [0.15, 0.2) is 5.96 Å². The van der Waals surface area contributed by atoms with Crippen LogP contribution in [-0.2, 0) is 6.42 Å². The molecule has 0 aliphatic carbocycles. The summed E-state index contributed by atoms with van der Waals surface area (Å²) in [6, 6.07) is 9.98. The van der Waals surface area contributed by atoms with Crippen molar-refractivity contribution in [2.24, 2.45) is 4.99 Å². The molecule has 0 radical (unpaired) electrons. The zero-order valence-electron chi connectivity index (χ0n) is 15.2. The number of benzene rings is 1. The normalized spacial score (nSPS) is 12.9. The number of aliphatic imine (C=N–C) groups is 1. The minimum absolute atomic E-state index is 0.000723. The third kappa shape index (κ3) is 5.60. The van der Waals surface area contributed by atoms with Crippen LogP contribution in [0.25, 0.3) is 0 Å². The number of nitrogens with one attached hydrogen (secondary N) is 2. The lowest BCUT2D eigenvalue weighted by Gasteiger charge is -2.15. The first-order valence-corrected chi connectivity index (χ1v) is 8.75. The standard InChI is InChI=1S/C19H28N4O2/c1-4-20-19(21-11-10-18-14(2)23-25-15(18)3)22-12-17(13-24)16-8-6-5-7-9-16/h5-9,17,24H,4,10-13H2,1-3H3,(H2,20,21,22). The minimum Gasteiger partial charge on any atom is -0.396 e. The van der Waals surface area contributed by atoms with Crippen molar-refractivity contribution in [2.75, 3.05) is 26.2 Å². The zero-order valence-corrected chi connectivity index (χ0v) is 15.2. The molecule has 0 saturated heterocycles. The maximum Gasteiger partial charge on any atom is 0.191 e. The second kappa shape index (κ2) is 9.84. The van der Waals surface area contributed by atoms with Gasteiger partial charge >= 0.3 is 0 Å². The van der Waals surface area contributed by atoms with Crippen LogP contribution in [0.5, 0.6) is 0 Å². The molecular weight excluding hydrogens is 316 g/mol. The van der Waals surface area contributed by atoms with Crippen LogP contribution in [0.4, 0.5) is 0 Å². The molecule has 0 saturated carbocycles. The Bertz CT molecular complexity index is 648. The molecule has 3 N–H and O–H groups in total. The first kappa shape index (κ1) is 19.0. The highest BCUT2D eigenvalue weighted by Crippen LogP contribution is 2.15. The second-order valence-electron chi connectivity index (χ2n) is 5.99. The van der Waals surface area contributed by atoms with Crippen LogP contribution in [0.3, 0.4) is 0 Å². The first-order valence-electron chi connectivity index (χ1n) is 8.75. The summed E-state index contributed by atoms with van der Waals surface area (Å²) in [6.07, 6.45) is 0.827. The molecule has 0 amide bonds. The molecular formula is C19H28N4O2. The fourth-order valence-electron chi connectivity index (χ4n) is 2.70. The van der Waals surface area contributed by atoms with E-state index in [-0.39, 0.29) is 12.5 Å². The van der Waals surface area contributed by atoms with E-state index >= 15 is 0 Å². The SMILES string of the molecule is CCNC(=NCC(CO)c1ccccc1)NCCc1c(C)noc1C. The number of nitrogens with zero attached hydrogens (tertiary/aromatic N) is 2. The van der Waals surface area contributed by atoms with E-state index in [1.54, 1.807) is 0 Å². The Balaban J connectivity index is 1.93. The molecule has 1 atom stereocenters. The van der Waals surface area contributed by atoms with Gasteiger partial charge in [-0.15, -0.1) is 0 Å². The highest BCUT2D eigenvalue weighted by atomic mass is 16.5. The molecule has 0 fully saturated rings. The predicted molar refractivity (Wildman–Crippen MR) is 99.9 cm³/mol. The van der Waals surface area contributed by atoms with Gasteiger partial charge in [-0.05, 0) is 32.8 Å². The number of hydrogen-bond acceptors (Lipinski definition) is 4. The molecule has 1 unspecified atom stereocenters. The Morgan fingerprint density at radius 1 is 1.24 bits per heavy atom. The molecule has 1 aromatic heterocycles. The molecule has 0 spiro atoms. The molecule has 0 aliphatic rings. The summed E-state index contributed by atoms with van der Waals surface area (Å²) in [7, 11) is 0. The van der Waals surface area contributed by atoms with E-state index < -0.39 is 0 Å². The largest absolute Gasteiger partial charge is 0.396 e. The van der Waals surface area contributed by atoms with Crippen LogP contribution in [-0.4, -0.2) is 42.5 Å². The monoisotopic (exact) mass is 344 g/mol. The second-order valence-corrected chi connectivity index (χ2v) is 5.99. The van der Waals surface area contributed by atoms with Crippen LogP contribution < -0.4 is 10.6 Å². The van der Waals surface area contributed by atoms with Crippen LogP contribution in [0, 0.1) is 13.8 Å². The highest BCUT2D eigenvalue weighted by molar-refractivity contribution is 5.79. The van der Waals surface area contributed by atoms with E-state index in [0.717, 1.165) is 48.1 Å². The molecule has 6 nitrogen and oxygen atoms in total. The van der Waals surface area contributed by atoms with Crippen molar-refractivity contribution in [2.45, 2.75) is 33.1 Å². The predicted octanol–water partition coefficient (Wildman–Crippen LogP) is 2.17. The first-order chi connectivity index (χ1) is 12.2. The van der Waals surface area contributed by atoms with Gasteiger partial charge in [-0.3, -0.25) is 4.99 Å². The molecule has 2 rings (SSSR count). The van der Waals surface area contributed by atoms with E-state index in [4.69, 9.17) is 4.52 Å². The topological polar surface area (TPSA) is 82.7 Å². The number of guanidine groups is 1. The van der Waals surface area contributed by atoms with Crippen molar-refractivity contribution in [3.05, 3.63) is 52.9 Å². The lowest BCUT2D eigenvalue weighted by atomic mass is 10.0. The van der Waals surface area contributed by atoms with Gasteiger partial charge in [0, 0.05) is 24.6 Å². The van der Waals surface area contributed by atoms with Gasteiger partial charge in [-0.2, -0.15) is 0 Å². The average Bonchev–Trinajstić information content (AvgIpc) is 2.95. The number of aromatic nitrogens is 1. The number of aliphatic hydroxyl groups is 1. The summed E-state index contributed by atoms with van der Waals surface area (Å²) < 4.78 is 5.19. The lowest BCUT2D eigenvalue weighted by molar-refractivity contribution is 0.268. The summed E-state index contributed by atoms with van der Waals surface area (Å²) in [5, 5.41) is 20.2. The fourth-order valence-corrected chi connectivity index (χ4v) is 2.70. The van der Waals surface area contributed by atoms with Crippen molar-refractivity contribution >= 4 is 5.96 Å². The summed E-state index contributed by atoms with van der Waals surface area (Å²) >= 11 is 0. The zero-order chi connectivity index (χ0) is 18.1. The Hall–Kier alpha value is -2.34. The molecule has 0 aliphatic heterocycles. The maximum atomic E-state index is 9.66. The Labute approximate surface area is 149 Å². The summed E-state index contributed by atoms with van der Waals surface area (Å²) in [5.74, 6) is 1.62. The Kier molecular flexibility index (Phi) is 7.47. The van der Waals surface area contributed by atoms with Crippen LogP contribution in [0.15, 0.2) is 39.8 Å². The van der Waals surface area contributed by atoms with Crippen molar-refractivity contribution in [3.63, 3.8) is 0 Å². The van der Waals surface area contributed by atoms with E-state index in [1.807, 2.05) is 51.1 Å². The van der Waals surface area contributed by atoms with E-state index in [2.05, 4.69) is 20.8 Å². The molecule has 6 heteroatoms. The maximum absolute atomic E-state index is 9.66.